The first kappa shape index (κ1) is 11.9. The Morgan fingerprint density at radius 1 is 1.32 bits per heavy atom. The third-order valence-corrected chi connectivity index (χ3v) is 3.40. The molecule has 19 heavy (non-hydrogen) atoms. The number of benzene rings is 1. The predicted octanol–water partition coefficient (Wildman–Crippen LogP) is 1.56. The maximum Gasteiger partial charge on any atom is 0.335 e. The molecule has 98 valence electrons. The van der Waals surface area contributed by atoms with Crippen LogP contribution >= 0.6 is 0 Å². The summed E-state index contributed by atoms with van der Waals surface area (Å²) in [4.78, 5) is 15.3. The molecule has 0 aliphatic carbocycles. The number of carbonyl (C=O) groups is 1. The quantitative estimate of drug-likeness (QED) is 0.857. The Bertz CT molecular complexity index is 616. The second kappa shape index (κ2) is 4.51. The van der Waals surface area contributed by atoms with Crippen LogP contribution in [0, 0.1) is 0 Å². The number of carboxylic acid groups (broad SMARTS) is 1. The highest BCUT2D eigenvalue weighted by molar-refractivity contribution is 5.88. The number of imidazole rings is 1. The van der Waals surface area contributed by atoms with Gasteiger partial charge in [0, 0.05) is 24.7 Å². The maximum absolute atomic E-state index is 10.8. The van der Waals surface area contributed by atoms with Crippen molar-refractivity contribution in [3.63, 3.8) is 0 Å². The zero-order valence-electron chi connectivity index (χ0n) is 10.3. The van der Waals surface area contributed by atoms with Gasteiger partial charge in [-0.25, -0.2) is 9.78 Å². The molecular weight excluding hydrogens is 244 g/mol. The first-order valence-corrected chi connectivity index (χ1v) is 6.21. The van der Waals surface area contributed by atoms with Crippen LogP contribution in [0.15, 0.2) is 30.5 Å². The van der Waals surface area contributed by atoms with E-state index in [1.165, 1.54) is 0 Å². The Morgan fingerprint density at radius 3 is 2.74 bits per heavy atom. The molecule has 0 radical (unpaired) electrons. The molecule has 2 aromatic rings. The van der Waals surface area contributed by atoms with Gasteiger partial charge < -0.3 is 14.8 Å². The van der Waals surface area contributed by atoms with E-state index < -0.39 is 5.97 Å². The van der Waals surface area contributed by atoms with E-state index in [2.05, 4.69) is 4.98 Å². The van der Waals surface area contributed by atoms with Gasteiger partial charge in [-0.05, 0) is 18.6 Å². The monoisotopic (exact) mass is 258 g/mol. The summed E-state index contributed by atoms with van der Waals surface area (Å²) in [5, 5.41) is 18.5. The van der Waals surface area contributed by atoms with Crippen LogP contribution in [0.1, 0.15) is 22.6 Å². The summed E-state index contributed by atoms with van der Waals surface area (Å²) in [6.07, 6.45) is 3.12. The fourth-order valence-corrected chi connectivity index (χ4v) is 2.35. The lowest BCUT2D eigenvalue weighted by Crippen LogP contribution is -2.23. The Hall–Kier alpha value is -2.14. The van der Waals surface area contributed by atoms with Crippen LogP contribution in [0.3, 0.4) is 0 Å². The number of carboxylic acids is 1. The Morgan fingerprint density at radius 2 is 2.05 bits per heavy atom. The van der Waals surface area contributed by atoms with Crippen molar-refractivity contribution in [1.29, 1.82) is 0 Å². The van der Waals surface area contributed by atoms with Crippen LogP contribution in [-0.4, -0.2) is 31.8 Å². The van der Waals surface area contributed by atoms with Gasteiger partial charge >= 0.3 is 5.97 Å². The highest BCUT2D eigenvalue weighted by Crippen LogP contribution is 2.23. The van der Waals surface area contributed by atoms with E-state index in [9.17, 15) is 9.90 Å². The summed E-state index contributed by atoms with van der Waals surface area (Å²) in [7, 11) is 0. The number of aliphatic hydroxyl groups excluding tert-OH is 1. The topological polar surface area (TPSA) is 75.3 Å². The normalized spacial score (nSPS) is 18.1. The van der Waals surface area contributed by atoms with Crippen LogP contribution in [0.2, 0.25) is 0 Å². The van der Waals surface area contributed by atoms with Crippen LogP contribution in [0.5, 0.6) is 0 Å². The van der Waals surface area contributed by atoms with Crippen LogP contribution < -0.4 is 0 Å². The molecule has 2 N–H and O–H groups in total. The number of fused-ring (bicyclic) bond motifs is 1. The van der Waals surface area contributed by atoms with Gasteiger partial charge in [-0.1, -0.05) is 12.1 Å². The Labute approximate surface area is 110 Å². The lowest BCUT2D eigenvalue weighted by Gasteiger charge is -2.18. The molecule has 0 bridgehead atoms. The standard InChI is InChI=1S/C14H14N2O3/c17-11-5-6-13-15-12(8-16(13)7-11)9-1-3-10(4-2-9)14(18)19/h1-4,8,11,17H,5-7H2,(H,18,19). The van der Waals surface area contributed by atoms with E-state index in [0.29, 0.717) is 6.54 Å². The molecule has 0 saturated heterocycles. The molecule has 0 fully saturated rings. The molecule has 2 heterocycles. The third-order valence-electron chi connectivity index (χ3n) is 3.40. The average molecular weight is 258 g/mol. The fourth-order valence-electron chi connectivity index (χ4n) is 2.35. The molecule has 0 amide bonds. The van der Waals surface area contributed by atoms with E-state index in [4.69, 9.17) is 5.11 Å². The Kier molecular flexibility index (Phi) is 2.83. The molecule has 0 saturated carbocycles. The van der Waals surface area contributed by atoms with Crippen molar-refractivity contribution in [2.45, 2.75) is 25.5 Å². The molecular formula is C14H14N2O3. The number of aromatic nitrogens is 2. The van der Waals surface area contributed by atoms with E-state index in [1.807, 2.05) is 10.8 Å². The first-order valence-electron chi connectivity index (χ1n) is 6.21. The van der Waals surface area contributed by atoms with Gasteiger partial charge in [0.15, 0.2) is 0 Å². The van der Waals surface area contributed by atoms with E-state index in [1.54, 1.807) is 24.3 Å². The molecule has 1 unspecified atom stereocenters. The number of aromatic carboxylic acids is 1. The zero-order chi connectivity index (χ0) is 13.4. The fraction of sp³-hybridized carbons (Fsp3) is 0.286. The number of nitrogens with zero attached hydrogens (tertiary/aromatic N) is 2. The van der Waals surface area contributed by atoms with Crippen LogP contribution in [-0.2, 0) is 13.0 Å². The second-order valence-corrected chi connectivity index (χ2v) is 4.77. The van der Waals surface area contributed by atoms with Crippen molar-refractivity contribution in [3.05, 3.63) is 41.9 Å². The number of hydrogen-bond acceptors (Lipinski definition) is 3. The molecule has 1 aliphatic rings. The molecule has 3 rings (SSSR count). The minimum absolute atomic E-state index is 0.267. The van der Waals surface area contributed by atoms with E-state index in [-0.39, 0.29) is 11.7 Å². The highest BCUT2D eigenvalue weighted by atomic mass is 16.4. The molecule has 1 aliphatic heterocycles. The largest absolute Gasteiger partial charge is 0.478 e. The van der Waals surface area contributed by atoms with Gasteiger partial charge in [0.25, 0.3) is 0 Å². The number of rotatable bonds is 2. The summed E-state index contributed by atoms with van der Waals surface area (Å²) in [6, 6.07) is 6.66. The van der Waals surface area contributed by atoms with Gasteiger partial charge in [0.05, 0.1) is 17.4 Å². The van der Waals surface area contributed by atoms with Gasteiger partial charge in [0.1, 0.15) is 5.82 Å². The summed E-state index contributed by atoms with van der Waals surface area (Å²) < 4.78 is 1.97. The van der Waals surface area contributed by atoms with Crippen molar-refractivity contribution in [3.8, 4) is 11.3 Å². The summed E-state index contributed by atoms with van der Waals surface area (Å²) in [5.74, 6) is 0.0430. The lowest BCUT2D eigenvalue weighted by molar-refractivity contribution is 0.0697. The molecule has 5 heteroatoms. The van der Waals surface area contributed by atoms with Crippen molar-refractivity contribution in [1.82, 2.24) is 9.55 Å². The average Bonchev–Trinajstić information content (AvgIpc) is 2.81. The van der Waals surface area contributed by atoms with E-state index >= 15 is 0 Å². The molecule has 5 nitrogen and oxygen atoms in total. The van der Waals surface area contributed by atoms with Crippen LogP contribution in [0.4, 0.5) is 0 Å². The van der Waals surface area contributed by atoms with Gasteiger partial charge in [-0.2, -0.15) is 0 Å². The summed E-state index contributed by atoms with van der Waals surface area (Å²) >= 11 is 0. The molecule has 0 spiro atoms. The van der Waals surface area contributed by atoms with Gasteiger partial charge in [-0.3, -0.25) is 0 Å². The van der Waals surface area contributed by atoms with Crippen molar-refractivity contribution in [2.75, 3.05) is 0 Å². The van der Waals surface area contributed by atoms with Crippen molar-refractivity contribution in [2.24, 2.45) is 0 Å². The van der Waals surface area contributed by atoms with Crippen molar-refractivity contribution < 1.29 is 15.0 Å². The number of aryl methyl sites for hydroxylation is 1. The second-order valence-electron chi connectivity index (χ2n) is 4.77. The SMILES string of the molecule is O=C(O)c1ccc(-c2cn3c(n2)CCC(O)C3)cc1. The zero-order valence-corrected chi connectivity index (χ0v) is 10.3. The molecule has 1 aromatic heterocycles. The minimum Gasteiger partial charge on any atom is -0.478 e. The molecule has 1 atom stereocenters. The predicted molar refractivity (Wildman–Crippen MR) is 69.0 cm³/mol. The smallest absolute Gasteiger partial charge is 0.335 e. The molecule has 1 aromatic carbocycles. The van der Waals surface area contributed by atoms with Crippen LogP contribution in [0.25, 0.3) is 11.3 Å². The van der Waals surface area contributed by atoms with Gasteiger partial charge in [-0.15, -0.1) is 0 Å². The third kappa shape index (κ3) is 2.24. The highest BCUT2D eigenvalue weighted by Gasteiger charge is 2.18. The van der Waals surface area contributed by atoms with Crippen molar-refractivity contribution >= 4 is 5.97 Å². The summed E-state index contributed by atoms with van der Waals surface area (Å²) in [6.45, 7) is 0.579. The maximum atomic E-state index is 10.8. The minimum atomic E-state index is -0.932. The summed E-state index contributed by atoms with van der Waals surface area (Å²) in [5.41, 5.74) is 1.98. The Balaban J connectivity index is 1.92. The van der Waals surface area contributed by atoms with E-state index in [0.717, 1.165) is 29.9 Å². The van der Waals surface area contributed by atoms with Gasteiger partial charge in [0.2, 0.25) is 0 Å². The number of hydrogen-bond donors (Lipinski definition) is 2. The number of aliphatic hydroxyl groups is 1. The lowest BCUT2D eigenvalue weighted by atomic mass is 10.1. The first-order chi connectivity index (χ1) is 9.13.